The molecule has 0 bridgehead atoms. The fourth-order valence-corrected chi connectivity index (χ4v) is 4.83. The van der Waals surface area contributed by atoms with Crippen LogP contribution in [-0.2, 0) is 13.6 Å². The molecule has 0 aliphatic carbocycles. The van der Waals surface area contributed by atoms with Gasteiger partial charge in [0.05, 0.1) is 50.4 Å². The number of nitrogens with zero attached hydrogens (tertiary/aromatic N) is 5. The predicted octanol–water partition coefficient (Wildman–Crippen LogP) is 2.68. The molecule has 4 N–H and O–H groups in total. The molecule has 178 valence electrons. The van der Waals surface area contributed by atoms with Crippen LogP contribution in [-0.4, -0.2) is 43.8 Å². The molecule has 1 aliphatic heterocycles. The Morgan fingerprint density at radius 2 is 2.09 bits per heavy atom. The number of nitrogens with two attached hydrogens (primary N) is 1. The maximum Gasteiger partial charge on any atom is 0.272 e. The molecule has 2 aromatic heterocycles. The number of β-amino-alcohol motifs (C(OH)–C–C–N with tert-alkyl or cyclic N) is 1. The quantitative estimate of drug-likeness (QED) is 0.397. The van der Waals surface area contributed by atoms with Crippen LogP contribution in [0.25, 0.3) is 33.2 Å². The van der Waals surface area contributed by atoms with Crippen LogP contribution in [0.1, 0.15) is 18.2 Å². The largest absolute Gasteiger partial charge is 0.386 e. The first kappa shape index (κ1) is 23.0. The lowest BCUT2D eigenvalue weighted by Gasteiger charge is -2.46. The lowest BCUT2D eigenvalue weighted by molar-refractivity contribution is 0.0310. The molecule has 9 nitrogen and oxygen atoms in total. The summed E-state index contributed by atoms with van der Waals surface area (Å²) in [6.07, 6.45) is 1.56. The number of rotatable bonds is 4. The molecule has 0 saturated carbocycles. The topological polar surface area (TPSA) is 137 Å². The molecule has 0 unspecified atom stereocenters. The van der Waals surface area contributed by atoms with E-state index in [1.54, 1.807) is 43.3 Å². The zero-order valence-corrected chi connectivity index (χ0v) is 19.7. The zero-order chi connectivity index (χ0) is 25.1. The van der Waals surface area contributed by atoms with Gasteiger partial charge < -0.3 is 15.7 Å². The van der Waals surface area contributed by atoms with Crippen molar-refractivity contribution in [1.82, 2.24) is 20.0 Å². The van der Waals surface area contributed by atoms with E-state index in [1.165, 1.54) is 10.7 Å². The normalized spacial score (nSPS) is 14.7. The summed E-state index contributed by atoms with van der Waals surface area (Å²) in [5, 5.41) is 31.9. The van der Waals surface area contributed by atoms with E-state index in [1.807, 2.05) is 0 Å². The summed E-state index contributed by atoms with van der Waals surface area (Å²) in [4.78, 5) is 14.0. The second kappa shape index (κ2) is 8.16. The maximum absolute atomic E-state index is 15.6. The molecule has 5 rings (SSSR count). The van der Waals surface area contributed by atoms with Gasteiger partial charge in [0.25, 0.3) is 5.56 Å². The van der Waals surface area contributed by atoms with Crippen LogP contribution in [0.3, 0.4) is 0 Å². The number of H-pyrrole nitrogens is 1. The van der Waals surface area contributed by atoms with E-state index in [9.17, 15) is 15.2 Å². The highest BCUT2D eigenvalue weighted by atomic mass is 35.5. The van der Waals surface area contributed by atoms with Crippen LogP contribution in [0.2, 0.25) is 5.02 Å². The number of benzene rings is 2. The molecule has 1 aliphatic rings. The zero-order valence-electron chi connectivity index (χ0n) is 18.9. The molecular formula is C24H21ClFN7O2. The van der Waals surface area contributed by atoms with E-state index in [0.717, 1.165) is 0 Å². The van der Waals surface area contributed by atoms with E-state index in [-0.39, 0.29) is 41.3 Å². The average molecular weight is 494 g/mol. The maximum atomic E-state index is 15.6. The smallest absolute Gasteiger partial charge is 0.272 e. The van der Waals surface area contributed by atoms with Crippen LogP contribution in [0.5, 0.6) is 0 Å². The monoisotopic (exact) mass is 493 g/mol. The summed E-state index contributed by atoms with van der Waals surface area (Å²) in [6, 6.07) is 8.65. The number of hydrogen-bond acceptors (Lipinski definition) is 7. The van der Waals surface area contributed by atoms with Gasteiger partial charge >= 0.3 is 0 Å². The third kappa shape index (κ3) is 3.65. The predicted molar refractivity (Wildman–Crippen MR) is 130 cm³/mol. The van der Waals surface area contributed by atoms with Crippen LogP contribution in [0.4, 0.5) is 10.1 Å². The molecule has 2 aromatic carbocycles. The first-order valence-electron chi connectivity index (χ1n) is 10.8. The number of nitriles is 1. The van der Waals surface area contributed by atoms with Gasteiger partial charge in [0.1, 0.15) is 6.07 Å². The van der Waals surface area contributed by atoms with Gasteiger partial charge in [0.15, 0.2) is 5.82 Å². The molecular weight excluding hydrogens is 473 g/mol. The summed E-state index contributed by atoms with van der Waals surface area (Å²) in [5.41, 5.74) is 7.14. The molecule has 0 radical (unpaired) electrons. The fourth-order valence-electron chi connectivity index (χ4n) is 4.63. The van der Waals surface area contributed by atoms with E-state index in [2.05, 4.69) is 21.4 Å². The van der Waals surface area contributed by atoms with Crippen molar-refractivity contribution < 1.29 is 9.50 Å². The Balaban J connectivity index is 1.75. The summed E-state index contributed by atoms with van der Waals surface area (Å²) in [6.45, 7) is 2.38. The molecule has 0 atom stereocenters. The molecule has 11 heteroatoms. The lowest BCUT2D eigenvalue weighted by Crippen LogP contribution is -2.60. The number of aliphatic hydroxyl groups is 1. The van der Waals surface area contributed by atoms with Gasteiger partial charge in [-0.05, 0) is 30.7 Å². The second-order valence-electron chi connectivity index (χ2n) is 8.90. The van der Waals surface area contributed by atoms with E-state index in [0.29, 0.717) is 39.0 Å². The summed E-state index contributed by atoms with van der Waals surface area (Å²) >= 11 is 6.28. The molecule has 3 heterocycles. The summed E-state index contributed by atoms with van der Waals surface area (Å²) in [7, 11) is 1.65. The molecule has 35 heavy (non-hydrogen) atoms. The van der Waals surface area contributed by atoms with Gasteiger partial charge in [-0.15, -0.1) is 0 Å². The Kier molecular flexibility index (Phi) is 5.36. The minimum atomic E-state index is -0.900. The Bertz CT molecular complexity index is 1590. The number of anilines is 1. The highest BCUT2D eigenvalue weighted by molar-refractivity contribution is 6.31. The first-order chi connectivity index (χ1) is 16.6. The number of aromatic amines is 1. The molecule has 1 saturated heterocycles. The van der Waals surface area contributed by atoms with Gasteiger partial charge in [-0.1, -0.05) is 17.7 Å². The SMILES string of the molecule is Cn1ncc(-c2ccc3c(=O)[nH]nc(CN)c3c2)c1-c1c(F)c(Cl)cc(N2CC(C)(O)C2)c1C#N. The van der Waals surface area contributed by atoms with E-state index >= 15 is 4.39 Å². The van der Waals surface area contributed by atoms with Crippen molar-refractivity contribution in [3.63, 3.8) is 0 Å². The minimum absolute atomic E-state index is 0.0136. The van der Waals surface area contributed by atoms with Crippen LogP contribution in [0, 0.1) is 17.1 Å². The highest BCUT2D eigenvalue weighted by Crippen LogP contribution is 2.43. The first-order valence-corrected chi connectivity index (χ1v) is 11.2. The Morgan fingerprint density at radius 3 is 2.74 bits per heavy atom. The van der Waals surface area contributed by atoms with Crippen molar-refractivity contribution in [2.75, 3.05) is 18.0 Å². The van der Waals surface area contributed by atoms with Crippen molar-refractivity contribution in [1.29, 1.82) is 5.26 Å². The van der Waals surface area contributed by atoms with Crippen molar-refractivity contribution >= 4 is 28.1 Å². The second-order valence-corrected chi connectivity index (χ2v) is 9.31. The average Bonchev–Trinajstić information content (AvgIpc) is 3.19. The van der Waals surface area contributed by atoms with E-state index in [4.69, 9.17) is 17.3 Å². The number of halogens is 2. The van der Waals surface area contributed by atoms with Gasteiger partial charge in [0, 0.05) is 37.6 Å². The summed E-state index contributed by atoms with van der Waals surface area (Å²) < 4.78 is 17.0. The fraction of sp³-hybridized carbons (Fsp3) is 0.250. The molecule has 0 spiro atoms. The molecule has 4 aromatic rings. The van der Waals surface area contributed by atoms with Crippen LogP contribution in [0.15, 0.2) is 35.3 Å². The Hall–Kier alpha value is -3.78. The van der Waals surface area contributed by atoms with Gasteiger partial charge in [-0.2, -0.15) is 15.5 Å². The third-order valence-electron chi connectivity index (χ3n) is 6.26. The van der Waals surface area contributed by atoms with Crippen LogP contribution < -0.4 is 16.2 Å². The Morgan fingerprint density at radius 1 is 1.34 bits per heavy atom. The summed E-state index contributed by atoms with van der Waals surface area (Å²) in [5.74, 6) is -0.745. The number of nitrogens with one attached hydrogen (secondary N) is 1. The van der Waals surface area contributed by atoms with Gasteiger partial charge in [-0.3, -0.25) is 9.48 Å². The van der Waals surface area contributed by atoms with Crippen LogP contribution >= 0.6 is 11.6 Å². The number of aromatic nitrogens is 4. The number of aryl methyl sites for hydroxylation is 1. The van der Waals surface area contributed by atoms with Crippen molar-refractivity contribution in [3.8, 4) is 28.5 Å². The van der Waals surface area contributed by atoms with Crippen molar-refractivity contribution in [3.05, 3.63) is 62.9 Å². The van der Waals surface area contributed by atoms with Crippen molar-refractivity contribution in [2.45, 2.75) is 19.1 Å². The van der Waals surface area contributed by atoms with E-state index < -0.39 is 11.4 Å². The third-order valence-corrected chi connectivity index (χ3v) is 6.54. The lowest BCUT2D eigenvalue weighted by atomic mass is 9.91. The van der Waals surface area contributed by atoms with Crippen molar-refractivity contribution in [2.24, 2.45) is 12.8 Å². The standard InChI is InChI=1S/C24H21ClFN7O2/c1-24(35)10-33(11-24)19-6-17(25)21(26)20(15(19)7-27)22-16(9-29-32(22)2)12-3-4-13-14(5-12)18(8-28)30-31-23(13)34/h3-6,9,35H,8,10-11,28H2,1-2H3,(H,31,34). The Labute approximate surface area is 204 Å². The molecule has 1 fully saturated rings. The minimum Gasteiger partial charge on any atom is -0.386 e. The van der Waals surface area contributed by atoms with Gasteiger partial charge in [-0.25, -0.2) is 9.49 Å². The number of fused-ring (bicyclic) bond motifs is 1. The van der Waals surface area contributed by atoms with Gasteiger partial charge in [0.2, 0.25) is 0 Å². The molecule has 0 amide bonds. The number of hydrogen-bond donors (Lipinski definition) is 3. The highest BCUT2D eigenvalue weighted by Gasteiger charge is 2.39.